The second-order valence-corrected chi connectivity index (χ2v) is 7.59. The normalized spacial score (nSPS) is 11.1. The number of benzene rings is 3. The molecule has 0 saturated carbocycles. The molecule has 0 bridgehead atoms. The minimum absolute atomic E-state index is 0.119. The SMILES string of the molecule is O=S(=O)(Cc1ccc(Cl)cc1)Nc1ccc(Oc2ccccc2)cc1. The van der Waals surface area contributed by atoms with Gasteiger partial charge in [0.05, 0.1) is 5.75 Å². The highest BCUT2D eigenvalue weighted by Crippen LogP contribution is 2.23. The highest BCUT2D eigenvalue weighted by molar-refractivity contribution is 7.91. The molecular formula is C19H16ClNO3S. The van der Waals surface area contributed by atoms with Crippen LogP contribution in [0.1, 0.15) is 5.56 Å². The van der Waals surface area contributed by atoms with Crippen LogP contribution < -0.4 is 9.46 Å². The van der Waals surface area contributed by atoms with E-state index in [4.69, 9.17) is 16.3 Å². The number of hydrogen-bond acceptors (Lipinski definition) is 3. The summed E-state index contributed by atoms with van der Waals surface area (Å²) in [5.74, 6) is 1.23. The van der Waals surface area contributed by atoms with Crippen molar-refractivity contribution in [3.05, 3.63) is 89.4 Å². The van der Waals surface area contributed by atoms with E-state index in [-0.39, 0.29) is 5.75 Å². The van der Waals surface area contributed by atoms with Crippen LogP contribution in [0, 0.1) is 0 Å². The van der Waals surface area contributed by atoms with Gasteiger partial charge in [-0.25, -0.2) is 8.42 Å². The lowest BCUT2D eigenvalue weighted by Gasteiger charge is -2.10. The Morgan fingerprint density at radius 2 is 1.40 bits per heavy atom. The number of ether oxygens (including phenoxy) is 1. The van der Waals surface area contributed by atoms with Gasteiger partial charge in [-0.2, -0.15) is 0 Å². The molecule has 3 aromatic rings. The molecule has 4 nitrogen and oxygen atoms in total. The maximum atomic E-state index is 12.3. The summed E-state index contributed by atoms with van der Waals surface area (Å²) in [5.41, 5.74) is 1.15. The van der Waals surface area contributed by atoms with Gasteiger partial charge in [0.1, 0.15) is 11.5 Å². The molecule has 0 atom stereocenters. The predicted octanol–water partition coefficient (Wildman–Crippen LogP) is 5.07. The molecule has 0 spiro atoms. The summed E-state index contributed by atoms with van der Waals surface area (Å²) in [7, 11) is -3.51. The number of nitrogens with one attached hydrogen (secondary N) is 1. The molecule has 25 heavy (non-hydrogen) atoms. The molecule has 128 valence electrons. The molecule has 0 unspecified atom stereocenters. The molecule has 0 radical (unpaired) electrons. The van der Waals surface area contributed by atoms with E-state index in [1.165, 1.54) is 0 Å². The molecule has 0 aliphatic carbocycles. The minimum Gasteiger partial charge on any atom is -0.457 e. The van der Waals surface area contributed by atoms with Crippen LogP contribution in [0.4, 0.5) is 5.69 Å². The molecule has 0 heterocycles. The van der Waals surface area contributed by atoms with Crippen molar-refractivity contribution in [1.29, 1.82) is 0 Å². The minimum atomic E-state index is -3.51. The van der Waals surface area contributed by atoms with Crippen LogP contribution >= 0.6 is 11.6 Å². The Labute approximate surface area is 152 Å². The van der Waals surface area contributed by atoms with E-state index < -0.39 is 10.0 Å². The Morgan fingerprint density at radius 1 is 0.800 bits per heavy atom. The Morgan fingerprint density at radius 3 is 2.04 bits per heavy atom. The van der Waals surface area contributed by atoms with Crippen LogP contribution in [0.5, 0.6) is 11.5 Å². The zero-order valence-corrected chi connectivity index (χ0v) is 14.8. The molecule has 0 aliphatic rings. The van der Waals surface area contributed by atoms with E-state index in [0.717, 1.165) is 5.75 Å². The topological polar surface area (TPSA) is 55.4 Å². The maximum absolute atomic E-state index is 12.3. The van der Waals surface area contributed by atoms with Crippen molar-refractivity contribution >= 4 is 27.3 Å². The van der Waals surface area contributed by atoms with Crippen LogP contribution in [-0.2, 0) is 15.8 Å². The van der Waals surface area contributed by atoms with Gasteiger partial charge in [-0.3, -0.25) is 4.72 Å². The van der Waals surface area contributed by atoms with E-state index >= 15 is 0 Å². The number of rotatable bonds is 6. The third-order valence-electron chi connectivity index (χ3n) is 3.38. The summed E-state index contributed by atoms with van der Waals surface area (Å²) in [4.78, 5) is 0. The van der Waals surface area contributed by atoms with Crippen molar-refractivity contribution in [1.82, 2.24) is 0 Å². The second kappa shape index (κ2) is 7.59. The Kier molecular flexibility index (Phi) is 5.26. The van der Waals surface area contributed by atoms with Crippen molar-refractivity contribution in [2.75, 3.05) is 4.72 Å². The lowest BCUT2D eigenvalue weighted by Crippen LogP contribution is -2.14. The number of anilines is 1. The van der Waals surface area contributed by atoms with Gasteiger partial charge in [0.25, 0.3) is 0 Å². The van der Waals surface area contributed by atoms with E-state index in [0.29, 0.717) is 22.0 Å². The number of para-hydroxylation sites is 1. The van der Waals surface area contributed by atoms with E-state index in [9.17, 15) is 8.42 Å². The number of halogens is 1. The molecule has 6 heteroatoms. The molecular weight excluding hydrogens is 358 g/mol. The molecule has 0 aliphatic heterocycles. The summed E-state index contributed by atoms with van der Waals surface area (Å²) in [6.07, 6.45) is 0. The van der Waals surface area contributed by atoms with Crippen molar-refractivity contribution in [3.8, 4) is 11.5 Å². The lowest BCUT2D eigenvalue weighted by molar-refractivity contribution is 0.483. The van der Waals surface area contributed by atoms with Crippen LogP contribution in [-0.4, -0.2) is 8.42 Å². The van der Waals surface area contributed by atoms with Gasteiger partial charge in [-0.05, 0) is 54.1 Å². The third-order valence-corrected chi connectivity index (χ3v) is 4.89. The average Bonchev–Trinajstić information content (AvgIpc) is 2.59. The van der Waals surface area contributed by atoms with Gasteiger partial charge in [0.2, 0.25) is 10.0 Å². The van der Waals surface area contributed by atoms with Crippen molar-refractivity contribution in [2.24, 2.45) is 0 Å². The van der Waals surface area contributed by atoms with Crippen molar-refractivity contribution in [3.63, 3.8) is 0 Å². The standard InChI is InChI=1S/C19H16ClNO3S/c20-16-8-6-15(7-9-16)14-25(22,23)21-17-10-12-19(13-11-17)24-18-4-2-1-3-5-18/h1-13,21H,14H2. The quantitative estimate of drug-likeness (QED) is 0.656. The lowest BCUT2D eigenvalue weighted by atomic mass is 10.2. The fourth-order valence-corrected chi connectivity index (χ4v) is 3.56. The van der Waals surface area contributed by atoms with E-state index in [1.807, 2.05) is 30.3 Å². The zero-order chi connectivity index (χ0) is 17.7. The first-order valence-electron chi connectivity index (χ1n) is 7.58. The maximum Gasteiger partial charge on any atom is 0.236 e. The first kappa shape index (κ1) is 17.3. The van der Waals surface area contributed by atoms with Gasteiger partial charge in [0, 0.05) is 10.7 Å². The Hall–Kier alpha value is -2.50. The summed E-state index contributed by atoms with van der Waals surface area (Å²) in [6.45, 7) is 0. The van der Waals surface area contributed by atoms with Crippen LogP contribution in [0.3, 0.4) is 0 Å². The van der Waals surface area contributed by atoms with Gasteiger partial charge in [-0.1, -0.05) is 41.9 Å². The summed E-state index contributed by atoms with van der Waals surface area (Å²) >= 11 is 5.81. The predicted molar refractivity (Wildman–Crippen MR) is 101 cm³/mol. The third kappa shape index (κ3) is 5.24. The molecule has 3 rings (SSSR count). The fourth-order valence-electron chi connectivity index (χ4n) is 2.23. The highest BCUT2D eigenvalue weighted by Gasteiger charge is 2.12. The van der Waals surface area contributed by atoms with E-state index in [2.05, 4.69) is 4.72 Å². The Bertz CT molecular complexity index is 925. The highest BCUT2D eigenvalue weighted by atomic mass is 35.5. The summed E-state index contributed by atoms with van der Waals surface area (Å²) in [6, 6.07) is 22.9. The van der Waals surface area contributed by atoms with Gasteiger partial charge in [-0.15, -0.1) is 0 Å². The van der Waals surface area contributed by atoms with Crippen molar-refractivity contribution in [2.45, 2.75) is 5.75 Å². The van der Waals surface area contributed by atoms with Crippen LogP contribution in [0.25, 0.3) is 0 Å². The smallest absolute Gasteiger partial charge is 0.236 e. The largest absolute Gasteiger partial charge is 0.457 e. The van der Waals surface area contributed by atoms with Gasteiger partial charge >= 0.3 is 0 Å². The zero-order valence-electron chi connectivity index (χ0n) is 13.2. The van der Waals surface area contributed by atoms with E-state index in [1.54, 1.807) is 48.5 Å². The molecule has 0 saturated heterocycles. The van der Waals surface area contributed by atoms with Gasteiger partial charge < -0.3 is 4.74 Å². The Balaban J connectivity index is 1.65. The molecule has 0 aromatic heterocycles. The first-order valence-corrected chi connectivity index (χ1v) is 9.61. The molecule has 1 N–H and O–H groups in total. The first-order chi connectivity index (χ1) is 12.0. The summed E-state index contributed by atoms with van der Waals surface area (Å²) < 4.78 is 32.7. The molecule has 3 aromatic carbocycles. The molecule has 0 amide bonds. The van der Waals surface area contributed by atoms with Gasteiger partial charge in [0.15, 0.2) is 0 Å². The van der Waals surface area contributed by atoms with Crippen LogP contribution in [0.15, 0.2) is 78.9 Å². The molecule has 0 fully saturated rings. The van der Waals surface area contributed by atoms with Crippen molar-refractivity contribution < 1.29 is 13.2 Å². The summed E-state index contributed by atoms with van der Waals surface area (Å²) in [5, 5.41) is 0.572. The average molecular weight is 374 g/mol. The second-order valence-electron chi connectivity index (χ2n) is 5.43. The number of sulfonamides is 1. The fraction of sp³-hybridized carbons (Fsp3) is 0.0526. The monoisotopic (exact) mass is 373 g/mol. The number of hydrogen-bond donors (Lipinski definition) is 1. The van der Waals surface area contributed by atoms with Crippen LogP contribution in [0.2, 0.25) is 5.02 Å².